The molecule has 0 saturated carbocycles. The van der Waals surface area contributed by atoms with E-state index < -0.39 is 0 Å². The third-order valence-electron chi connectivity index (χ3n) is 3.30. The molecule has 1 aromatic carbocycles. The largest absolute Gasteiger partial charge is 0.383 e. The number of ether oxygens (including phenoxy) is 1. The molecular formula is C15H17N3OS. The minimum Gasteiger partial charge on any atom is -0.383 e. The van der Waals surface area contributed by atoms with Crippen molar-refractivity contribution in [1.29, 1.82) is 0 Å². The molecule has 4 nitrogen and oxygen atoms in total. The second-order valence-corrected chi connectivity index (χ2v) is 5.62. The zero-order chi connectivity index (χ0) is 13.9. The lowest BCUT2D eigenvalue weighted by atomic mass is 10.1. The molecule has 20 heavy (non-hydrogen) atoms. The van der Waals surface area contributed by atoms with E-state index in [1.54, 1.807) is 0 Å². The number of hydrogen-bond donors (Lipinski definition) is 1. The van der Waals surface area contributed by atoms with Crippen LogP contribution in [0.5, 0.6) is 0 Å². The molecule has 3 rings (SSSR count). The Labute approximate surface area is 122 Å². The molecule has 0 aliphatic carbocycles. The zero-order valence-electron chi connectivity index (χ0n) is 11.4. The molecule has 1 atom stereocenters. The molecule has 1 aliphatic rings. The molecule has 2 heterocycles. The first-order valence-corrected chi connectivity index (χ1v) is 7.84. The van der Waals surface area contributed by atoms with Crippen molar-refractivity contribution >= 4 is 17.6 Å². The number of rotatable bonds is 4. The standard InChI is InChI=1S/C15H17N3OS/c1-2-19-13(10-6-4-3-5-7-10)15-17-12-9-20-8-11(12)14(16)18-15/h3-7,13H,2,8-9H2,1H3,(H2,16,17,18). The maximum Gasteiger partial charge on any atom is 0.164 e. The third kappa shape index (κ3) is 2.51. The van der Waals surface area contributed by atoms with Gasteiger partial charge in [0.2, 0.25) is 0 Å². The molecule has 5 heteroatoms. The van der Waals surface area contributed by atoms with Crippen LogP contribution in [0.15, 0.2) is 30.3 Å². The maximum atomic E-state index is 6.06. The minimum atomic E-state index is -0.251. The van der Waals surface area contributed by atoms with Gasteiger partial charge in [0.05, 0.1) is 5.69 Å². The van der Waals surface area contributed by atoms with Crippen molar-refractivity contribution in [2.75, 3.05) is 12.3 Å². The van der Waals surface area contributed by atoms with E-state index in [1.165, 1.54) is 0 Å². The van der Waals surface area contributed by atoms with Crippen molar-refractivity contribution in [3.63, 3.8) is 0 Å². The average molecular weight is 287 g/mol. The Kier molecular flexibility index (Phi) is 3.89. The molecule has 104 valence electrons. The SMILES string of the molecule is CCOC(c1ccccc1)c1nc(N)c2c(n1)CSC2. The van der Waals surface area contributed by atoms with E-state index in [0.29, 0.717) is 18.2 Å². The Morgan fingerprint density at radius 1 is 1.25 bits per heavy atom. The van der Waals surface area contributed by atoms with E-state index in [0.717, 1.165) is 28.3 Å². The predicted octanol–water partition coefficient (Wildman–Crippen LogP) is 2.93. The molecule has 2 aromatic rings. The van der Waals surface area contributed by atoms with Gasteiger partial charge in [-0.1, -0.05) is 30.3 Å². The van der Waals surface area contributed by atoms with Crippen LogP contribution in [-0.4, -0.2) is 16.6 Å². The molecule has 0 bridgehead atoms. The minimum absolute atomic E-state index is 0.251. The van der Waals surface area contributed by atoms with Gasteiger partial charge in [-0.05, 0) is 12.5 Å². The molecule has 0 amide bonds. The summed E-state index contributed by atoms with van der Waals surface area (Å²) in [5, 5.41) is 0. The number of nitrogens with two attached hydrogens (primary N) is 1. The smallest absolute Gasteiger partial charge is 0.164 e. The number of fused-ring (bicyclic) bond motifs is 1. The van der Waals surface area contributed by atoms with Gasteiger partial charge in [-0.3, -0.25) is 0 Å². The van der Waals surface area contributed by atoms with Crippen molar-refractivity contribution in [3.05, 3.63) is 53.0 Å². The van der Waals surface area contributed by atoms with Crippen LogP contribution < -0.4 is 5.73 Å². The van der Waals surface area contributed by atoms with Crippen LogP contribution in [0.25, 0.3) is 0 Å². The first-order valence-electron chi connectivity index (χ1n) is 6.69. The lowest BCUT2D eigenvalue weighted by Crippen LogP contribution is -2.13. The van der Waals surface area contributed by atoms with Gasteiger partial charge in [-0.25, -0.2) is 9.97 Å². The predicted molar refractivity (Wildman–Crippen MR) is 81.4 cm³/mol. The number of benzene rings is 1. The van der Waals surface area contributed by atoms with Gasteiger partial charge in [-0.2, -0.15) is 11.8 Å². The van der Waals surface area contributed by atoms with E-state index in [9.17, 15) is 0 Å². The van der Waals surface area contributed by atoms with Crippen LogP contribution in [0.4, 0.5) is 5.82 Å². The molecule has 0 saturated heterocycles. The fourth-order valence-electron chi connectivity index (χ4n) is 2.33. The zero-order valence-corrected chi connectivity index (χ0v) is 12.2. The highest BCUT2D eigenvalue weighted by Gasteiger charge is 2.23. The van der Waals surface area contributed by atoms with Crippen LogP contribution in [-0.2, 0) is 16.2 Å². The summed E-state index contributed by atoms with van der Waals surface area (Å²) in [6.07, 6.45) is -0.251. The molecular weight excluding hydrogens is 270 g/mol. The van der Waals surface area contributed by atoms with Gasteiger partial charge in [-0.15, -0.1) is 0 Å². The van der Waals surface area contributed by atoms with Crippen LogP contribution in [0.2, 0.25) is 0 Å². The number of nitrogens with zero attached hydrogens (tertiary/aromatic N) is 2. The second-order valence-electron chi connectivity index (χ2n) is 4.63. The van der Waals surface area contributed by atoms with Gasteiger partial charge in [0.1, 0.15) is 11.9 Å². The third-order valence-corrected chi connectivity index (χ3v) is 4.27. The monoisotopic (exact) mass is 287 g/mol. The quantitative estimate of drug-likeness (QED) is 0.937. The van der Waals surface area contributed by atoms with Crippen LogP contribution in [0, 0.1) is 0 Å². The molecule has 0 spiro atoms. The number of thioether (sulfide) groups is 1. The molecule has 1 aliphatic heterocycles. The van der Waals surface area contributed by atoms with Gasteiger partial charge >= 0.3 is 0 Å². The Balaban J connectivity index is 2.02. The number of nitrogen functional groups attached to an aromatic ring is 1. The first kappa shape index (κ1) is 13.4. The number of aromatic nitrogens is 2. The lowest BCUT2D eigenvalue weighted by molar-refractivity contribution is 0.0851. The molecule has 2 N–H and O–H groups in total. The van der Waals surface area contributed by atoms with Crippen molar-refractivity contribution in [3.8, 4) is 0 Å². The summed E-state index contributed by atoms with van der Waals surface area (Å²) in [5.74, 6) is 3.07. The van der Waals surface area contributed by atoms with Gasteiger partial charge in [0.25, 0.3) is 0 Å². The summed E-state index contributed by atoms with van der Waals surface area (Å²) in [4.78, 5) is 9.14. The Bertz CT molecular complexity index is 604. The molecule has 0 fully saturated rings. The van der Waals surface area contributed by atoms with Gasteiger partial charge < -0.3 is 10.5 Å². The highest BCUT2D eigenvalue weighted by molar-refractivity contribution is 7.98. The Morgan fingerprint density at radius 3 is 2.80 bits per heavy atom. The fraction of sp³-hybridized carbons (Fsp3) is 0.333. The van der Waals surface area contributed by atoms with E-state index in [-0.39, 0.29) is 6.10 Å². The first-order chi connectivity index (χ1) is 9.79. The summed E-state index contributed by atoms with van der Waals surface area (Å²) in [6, 6.07) is 10.0. The number of hydrogen-bond acceptors (Lipinski definition) is 5. The normalized spacial score (nSPS) is 15.1. The topological polar surface area (TPSA) is 61.0 Å². The van der Waals surface area contributed by atoms with Gasteiger partial charge in [0, 0.05) is 23.7 Å². The van der Waals surface area contributed by atoms with E-state index in [4.69, 9.17) is 10.5 Å². The molecule has 0 radical (unpaired) electrons. The molecule has 1 unspecified atom stereocenters. The summed E-state index contributed by atoms with van der Waals surface area (Å²) < 4.78 is 5.84. The fourth-order valence-corrected chi connectivity index (χ4v) is 3.38. The maximum absolute atomic E-state index is 6.06. The highest BCUT2D eigenvalue weighted by atomic mass is 32.2. The van der Waals surface area contributed by atoms with Crippen molar-refractivity contribution in [2.24, 2.45) is 0 Å². The number of anilines is 1. The van der Waals surface area contributed by atoms with Gasteiger partial charge in [0.15, 0.2) is 5.82 Å². The molecule has 1 aromatic heterocycles. The lowest BCUT2D eigenvalue weighted by Gasteiger charge is -2.17. The summed E-state index contributed by atoms with van der Waals surface area (Å²) in [6.45, 7) is 2.58. The Hall–Kier alpha value is -1.59. The van der Waals surface area contributed by atoms with Crippen molar-refractivity contribution in [2.45, 2.75) is 24.5 Å². The van der Waals surface area contributed by atoms with E-state index in [1.807, 2.05) is 49.0 Å². The summed E-state index contributed by atoms with van der Waals surface area (Å²) in [5.41, 5.74) is 9.26. The van der Waals surface area contributed by atoms with Crippen molar-refractivity contribution in [1.82, 2.24) is 9.97 Å². The summed E-state index contributed by atoms with van der Waals surface area (Å²) in [7, 11) is 0. The highest BCUT2D eigenvalue weighted by Crippen LogP contribution is 2.33. The second kappa shape index (κ2) is 5.81. The Morgan fingerprint density at radius 2 is 2.05 bits per heavy atom. The van der Waals surface area contributed by atoms with E-state index in [2.05, 4.69) is 9.97 Å². The van der Waals surface area contributed by atoms with E-state index >= 15 is 0 Å². The average Bonchev–Trinajstić information content (AvgIpc) is 2.94. The van der Waals surface area contributed by atoms with Crippen LogP contribution in [0.1, 0.15) is 35.7 Å². The van der Waals surface area contributed by atoms with Crippen molar-refractivity contribution < 1.29 is 4.74 Å². The summed E-state index contributed by atoms with van der Waals surface area (Å²) >= 11 is 1.82. The van der Waals surface area contributed by atoms with Crippen LogP contribution >= 0.6 is 11.8 Å². The van der Waals surface area contributed by atoms with Crippen LogP contribution in [0.3, 0.4) is 0 Å².